The number of guanidine groups is 1. The van der Waals surface area contributed by atoms with Crippen molar-refractivity contribution in [2.45, 2.75) is 18.8 Å². The molecule has 0 aliphatic rings. The van der Waals surface area contributed by atoms with Crippen molar-refractivity contribution in [2.75, 3.05) is 0 Å². The van der Waals surface area contributed by atoms with Crippen LogP contribution in [0.3, 0.4) is 0 Å². The second-order valence-corrected chi connectivity index (χ2v) is 5.54. The molecular formula is C17H18ClN3O. The molecule has 0 saturated heterocycles. The normalized spacial score (nSPS) is 13.2. The number of hydrogen-bond donors (Lipinski definition) is 2. The standard InChI is InChI=1S/C17H18ClN3O/c1-11(13-8-5-9-14(18)10-13)15(16(22)21-17(19)20)12-6-3-2-4-7-12/h2-11,15H,1H3,(H4,19,20,21,22). The van der Waals surface area contributed by atoms with Gasteiger partial charge in [-0.15, -0.1) is 0 Å². The molecule has 22 heavy (non-hydrogen) atoms. The lowest BCUT2D eigenvalue weighted by Gasteiger charge is -2.22. The second kappa shape index (κ2) is 7.09. The predicted octanol–water partition coefficient (Wildman–Crippen LogP) is 3.03. The Morgan fingerprint density at radius 3 is 2.27 bits per heavy atom. The third kappa shape index (κ3) is 3.86. The molecule has 114 valence electrons. The molecule has 0 aromatic heterocycles. The fourth-order valence-electron chi connectivity index (χ4n) is 2.48. The van der Waals surface area contributed by atoms with Crippen LogP contribution in [-0.4, -0.2) is 11.9 Å². The van der Waals surface area contributed by atoms with E-state index >= 15 is 0 Å². The summed E-state index contributed by atoms with van der Waals surface area (Å²) in [6, 6.07) is 16.9. The monoisotopic (exact) mass is 315 g/mol. The van der Waals surface area contributed by atoms with Gasteiger partial charge in [0.25, 0.3) is 5.91 Å². The van der Waals surface area contributed by atoms with Gasteiger partial charge in [-0.1, -0.05) is 61.0 Å². The number of nitrogens with zero attached hydrogens (tertiary/aromatic N) is 1. The summed E-state index contributed by atoms with van der Waals surface area (Å²) in [4.78, 5) is 16.2. The summed E-state index contributed by atoms with van der Waals surface area (Å²) in [7, 11) is 0. The molecule has 0 heterocycles. The van der Waals surface area contributed by atoms with Gasteiger partial charge in [0.15, 0.2) is 5.96 Å². The summed E-state index contributed by atoms with van der Waals surface area (Å²) in [5.41, 5.74) is 12.5. The number of carbonyl (C=O) groups excluding carboxylic acids is 1. The van der Waals surface area contributed by atoms with Crippen molar-refractivity contribution in [2.24, 2.45) is 16.5 Å². The Kier molecular flexibility index (Phi) is 5.17. The van der Waals surface area contributed by atoms with Crippen molar-refractivity contribution in [3.05, 3.63) is 70.7 Å². The minimum absolute atomic E-state index is 0.114. The Morgan fingerprint density at radius 1 is 1.05 bits per heavy atom. The average Bonchev–Trinajstić information content (AvgIpc) is 2.47. The second-order valence-electron chi connectivity index (χ2n) is 5.11. The molecule has 0 aliphatic heterocycles. The Morgan fingerprint density at radius 2 is 1.68 bits per heavy atom. The fraction of sp³-hybridized carbons (Fsp3) is 0.176. The lowest BCUT2D eigenvalue weighted by Crippen LogP contribution is -2.27. The zero-order chi connectivity index (χ0) is 16.1. The van der Waals surface area contributed by atoms with Crippen molar-refractivity contribution in [3.63, 3.8) is 0 Å². The Balaban J connectivity index is 2.44. The first-order chi connectivity index (χ1) is 10.5. The zero-order valence-corrected chi connectivity index (χ0v) is 13.0. The van der Waals surface area contributed by atoms with Crippen LogP contribution < -0.4 is 11.5 Å². The highest BCUT2D eigenvalue weighted by molar-refractivity contribution is 6.30. The van der Waals surface area contributed by atoms with E-state index in [-0.39, 0.29) is 17.8 Å². The average molecular weight is 316 g/mol. The molecule has 2 rings (SSSR count). The van der Waals surface area contributed by atoms with Crippen LogP contribution >= 0.6 is 11.6 Å². The molecule has 4 N–H and O–H groups in total. The molecule has 0 spiro atoms. The molecule has 5 heteroatoms. The molecule has 2 atom stereocenters. The van der Waals surface area contributed by atoms with Crippen LogP contribution in [0, 0.1) is 0 Å². The maximum absolute atomic E-state index is 12.5. The molecule has 0 radical (unpaired) electrons. The van der Waals surface area contributed by atoms with Gasteiger partial charge in [0.1, 0.15) is 0 Å². The number of benzene rings is 2. The van der Waals surface area contributed by atoms with E-state index in [0.717, 1.165) is 11.1 Å². The number of hydrogen-bond acceptors (Lipinski definition) is 1. The summed E-state index contributed by atoms with van der Waals surface area (Å²) < 4.78 is 0. The maximum Gasteiger partial charge on any atom is 0.257 e. The van der Waals surface area contributed by atoms with E-state index in [4.69, 9.17) is 23.1 Å². The quantitative estimate of drug-likeness (QED) is 0.672. The molecule has 4 nitrogen and oxygen atoms in total. The summed E-state index contributed by atoms with van der Waals surface area (Å²) in [5, 5.41) is 0.630. The van der Waals surface area contributed by atoms with E-state index in [0.29, 0.717) is 5.02 Å². The molecule has 0 aliphatic carbocycles. The van der Waals surface area contributed by atoms with Crippen molar-refractivity contribution in [1.29, 1.82) is 0 Å². The van der Waals surface area contributed by atoms with Gasteiger partial charge in [-0.25, -0.2) is 0 Å². The molecule has 1 amide bonds. The summed E-state index contributed by atoms with van der Waals surface area (Å²) in [6.45, 7) is 1.96. The topological polar surface area (TPSA) is 81.5 Å². The van der Waals surface area contributed by atoms with Crippen LogP contribution in [0.2, 0.25) is 5.02 Å². The first kappa shape index (κ1) is 16.0. The van der Waals surface area contributed by atoms with Crippen LogP contribution in [0.1, 0.15) is 29.9 Å². The molecule has 2 unspecified atom stereocenters. The van der Waals surface area contributed by atoms with Gasteiger partial charge < -0.3 is 11.5 Å². The molecule has 0 bridgehead atoms. The summed E-state index contributed by atoms with van der Waals surface area (Å²) in [6.07, 6.45) is 0. The van der Waals surface area contributed by atoms with Crippen LogP contribution in [-0.2, 0) is 4.79 Å². The van der Waals surface area contributed by atoms with Crippen LogP contribution in [0.4, 0.5) is 0 Å². The van der Waals surface area contributed by atoms with Gasteiger partial charge in [0.2, 0.25) is 0 Å². The van der Waals surface area contributed by atoms with Crippen molar-refractivity contribution in [3.8, 4) is 0 Å². The SMILES string of the molecule is CC(c1cccc(Cl)c1)C(C(=O)N=C(N)N)c1ccccc1. The number of carbonyl (C=O) groups is 1. The molecule has 0 saturated carbocycles. The molecule has 0 fully saturated rings. The minimum Gasteiger partial charge on any atom is -0.370 e. The number of rotatable bonds is 4. The molecular weight excluding hydrogens is 298 g/mol. The third-order valence-corrected chi connectivity index (χ3v) is 3.77. The highest BCUT2D eigenvalue weighted by Crippen LogP contribution is 2.34. The lowest BCUT2D eigenvalue weighted by molar-refractivity contribution is -0.119. The van der Waals surface area contributed by atoms with E-state index in [1.54, 1.807) is 6.07 Å². The van der Waals surface area contributed by atoms with E-state index in [2.05, 4.69) is 4.99 Å². The maximum atomic E-state index is 12.5. The number of nitrogens with two attached hydrogens (primary N) is 2. The summed E-state index contributed by atoms with van der Waals surface area (Å²) in [5.74, 6) is -1.18. The van der Waals surface area contributed by atoms with E-state index in [1.165, 1.54) is 0 Å². The number of amides is 1. The van der Waals surface area contributed by atoms with Gasteiger partial charge >= 0.3 is 0 Å². The van der Waals surface area contributed by atoms with Crippen molar-refractivity contribution in [1.82, 2.24) is 0 Å². The van der Waals surface area contributed by atoms with Crippen LogP contribution in [0.5, 0.6) is 0 Å². The van der Waals surface area contributed by atoms with Crippen molar-refractivity contribution >= 4 is 23.5 Å². The van der Waals surface area contributed by atoms with Crippen LogP contribution in [0.25, 0.3) is 0 Å². The van der Waals surface area contributed by atoms with E-state index in [1.807, 2.05) is 55.5 Å². The highest BCUT2D eigenvalue weighted by Gasteiger charge is 2.28. The highest BCUT2D eigenvalue weighted by atomic mass is 35.5. The first-order valence-electron chi connectivity index (χ1n) is 6.93. The predicted molar refractivity (Wildman–Crippen MR) is 89.9 cm³/mol. The molecule has 2 aromatic rings. The smallest absolute Gasteiger partial charge is 0.257 e. The lowest BCUT2D eigenvalue weighted by atomic mass is 9.82. The van der Waals surface area contributed by atoms with Gasteiger partial charge in [-0.3, -0.25) is 4.79 Å². The van der Waals surface area contributed by atoms with Gasteiger partial charge in [-0.05, 0) is 29.2 Å². The zero-order valence-electron chi connectivity index (χ0n) is 12.2. The van der Waals surface area contributed by atoms with Crippen molar-refractivity contribution < 1.29 is 4.79 Å². The van der Waals surface area contributed by atoms with Gasteiger partial charge in [-0.2, -0.15) is 4.99 Å². The van der Waals surface area contributed by atoms with Crippen LogP contribution in [0.15, 0.2) is 59.6 Å². The largest absolute Gasteiger partial charge is 0.370 e. The van der Waals surface area contributed by atoms with Gasteiger partial charge in [0.05, 0.1) is 5.92 Å². The van der Waals surface area contributed by atoms with E-state index in [9.17, 15) is 4.79 Å². The Labute approximate surface area is 134 Å². The molecule has 2 aromatic carbocycles. The number of aliphatic imine (C=N–C) groups is 1. The number of halogens is 1. The third-order valence-electron chi connectivity index (χ3n) is 3.54. The first-order valence-corrected chi connectivity index (χ1v) is 7.30. The van der Waals surface area contributed by atoms with E-state index < -0.39 is 5.92 Å². The fourth-order valence-corrected chi connectivity index (χ4v) is 2.68. The Bertz CT molecular complexity index is 681. The Hall–Kier alpha value is -2.33. The minimum atomic E-state index is -0.471. The van der Waals surface area contributed by atoms with Gasteiger partial charge in [0, 0.05) is 5.02 Å². The summed E-state index contributed by atoms with van der Waals surface area (Å²) >= 11 is 6.05.